The quantitative estimate of drug-likeness (QED) is 0.559. The number of rotatable bonds is 7. The number of aromatic nitrogens is 1. The maximum absolute atomic E-state index is 13.3. The first-order valence-corrected chi connectivity index (χ1v) is 11.2. The van der Waals surface area contributed by atoms with Crippen molar-refractivity contribution in [2.75, 3.05) is 7.05 Å². The highest BCUT2D eigenvalue weighted by Gasteiger charge is 2.30. The van der Waals surface area contributed by atoms with Gasteiger partial charge in [-0.15, -0.1) is 0 Å². The summed E-state index contributed by atoms with van der Waals surface area (Å²) in [7, 11) is 1.71. The molecule has 0 spiro atoms. The minimum Gasteiger partial charge on any atom is -0.388 e. The third kappa shape index (κ3) is 5.40. The lowest BCUT2D eigenvalue weighted by atomic mass is 9.91. The van der Waals surface area contributed by atoms with Crippen molar-refractivity contribution in [2.45, 2.75) is 38.3 Å². The van der Waals surface area contributed by atoms with Gasteiger partial charge in [0.05, 0.1) is 12.3 Å². The lowest BCUT2D eigenvalue weighted by Crippen LogP contribution is -2.26. The van der Waals surface area contributed by atoms with Gasteiger partial charge in [0, 0.05) is 25.4 Å². The van der Waals surface area contributed by atoms with E-state index in [1.807, 2.05) is 54.6 Å². The molecule has 3 aromatic rings. The normalized spacial score (nSPS) is 19.0. The Bertz CT molecular complexity index is 1040. The van der Waals surface area contributed by atoms with Crippen LogP contribution in [0, 0.1) is 17.7 Å². The number of halogens is 1. The van der Waals surface area contributed by atoms with E-state index in [1.54, 1.807) is 18.1 Å². The zero-order valence-corrected chi connectivity index (χ0v) is 18.3. The van der Waals surface area contributed by atoms with Crippen LogP contribution in [0.4, 0.5) is 4.39 Å². The van der Waals surface area contributed by atoms with Gasteiger partial charge in [-0.1, -0.05) is 42.5 Å². The van der Waals surface area contributed by atoms with Crippen LogP contribution in [0.25, 0.3) is 0 Å². The number of aliphatic hydroxyl groups is 1. The second kappa shape index (κ2) is 10.0. The molecule has 5 heteroatoms. The molecule has 1 aromatic heterocycles. The maximum atomic E-state index is 13.3. The largest absolute Gasteiger partial charge is 0.388 e. The van der Waals surface area contributed by atoms with Gasteiger partial charge in [0.1, 0.15) is 5.82 Å². The van der Waals surface area contributed by atoms with Crippen LogP contribution in [-0.4, -0.2) is 27.9 Å². The zero-order valence-electron chi connectivity index (χ0n) is 18.3. The lowest BCUT2D eigenvalue weighted by molar-refractivity contribution is 0.0784. The highest BCUT2D eigenvalue weighted by atomic mass is 19.1. The van der Waals surface area contributed by atoms with Crippen molar-refractivity contribution in [1.82, 2.24) is 9.88 Å². The molecule has 1 fully saturated rings. The third-order valence-electron chi connectivity index (χ3n) is 6.42. The van der Waals surface area contributed by atoms with Crippen LogP contribution in [0.1, 0.15) is 52.4 Å². The molecule has 0 bridgehead atoms. The Morgan fingerprint density at radius 2 is 1.84 bits per heavy atom. The molecule has 1 N–H and O–H groups in total. The molecule has 32 heavy (non-hydrogen) atoms. The van der Waals surface area contributed by atoms with Crippen LogP contribution >= 0.6 is 0 Å². The summed E-state index contributed by atoms with van der Waals surface area (Å²) in [5.74, 6) is 0.336. The molecule has 0 unspecified atom stereocenters. The van der Waals surface area contributed by atoms with Crippen LogP contribution in [0.5, 0.6) is 0 Å². The monoisotopic (exact) mass is 432 g/mol. The molecule has 0 radical (unpaired) electrons. The predicted octanol–water partition coefficient (Wildman–Crippen LogP) is 5.19. The van der Waals surface area contributed by atoms with E-state index in [0.29, 0.717) is 29.5 Å². The number of hydrogen-bond donors (Lipinski definition) is 1. The molecule has 166 valence electrons. The number of amides is 1. The first kappa shape index (κ1) is 22.2. The summed E-state index contributed by atoms with van der Waals surface area (Å²) in [4.78, 5) is 18.1. The van der Waals surface area contributed by atoms with Crippen LogP contribution in [0.2, 0.25) is 0 Å². The van der Waals surface area contributed by atoms with Gasteiger partial charge in [-0.05, 0) is 72.4 Å². The molecule has 1 amide bonds. The first-order valence-electron chi connectivity index (χ1n) is 11.2. The van der Waals surface area contributed by atoms with E-state index >= 15 is 0 Å². The number of carbonyl (C=O) groups excluding carboxylic acids is 1. The van der Waals surface area contributed by atoms with Crippen molar-refractivity contribution in [1.29, 1.82) is 0 Å². The SMILES string of the molecule is CN(Cc1cncc(F)c1)C(=O)c1ccc(C[C@@H]2CC[C@H]([C@H](O)c3ccccc3)C2)cc1. The van der Waals surface area contributed by atoms with E-state index in [9.17, 15) is 14.3 Å². The minimum absolute atomic E-state index is 0.104. The highest BCUT2D eigenvalue weighted by Crippen LogP contribution is 2.40. The van der Waals surface area contributed by atoms with Gasteiger partial charge in [0.25, 0.3) is 5.91 Å². The van der Waals surface area contributed by atoms with Crippen molar-refractivity contribution in [3.63, 3.8) is 0 Å². The van der Waals surface area contributed by atoms with Crippen molar-refractivity contribution in [3.05, 3.63) is 101 Å². The van der Waals surface area contributed by atoms with E-state index in [1.165, 1.54) is 11.6 Å². The number of nitrogens with zero attached hydrogens (tertiary/aromatic N) is 2. The van der Waals surface area contributed by atoms with E-state index in [-0.39, 0.29) is 5.91 Å². The van der Waals surface area contributed by atoms with Crippen molar-refractivity contribution in [3.8, 4) is 0 Å². The Morgan fingerprint density at radius 1 is 1.09 bits per heavy atom. The fourth-order valence-corrected chi connectivity index (χ4v) is 4.73. The lowest BCUT2D eigenvalue weighted by Gasteiger charge is -2.19. The molecule has 1 saturated carbocycles. The molecular formula is C27H29FN2O2. The van der Waals surface area contributed by atoms with Crippen LogP contribution in [0.15, 0.2) is 73.1 Å². The van der Waals surface area contributed by atoms with Crippen LogP contribution in [0.3, 0.4) is 0 Å². The smallest absolute Gasteiger partial charge is 0.253 e. The van der Waals surface area contributed by atoms with Gasteiger partial charge < -0.3 is 10.0 Å². The molecule has 1 heterocycles. The molecule has 3 atom stereocenters. The Kier molecular flexibility index (Phi) is 6.96. The Labute approximate surface area is 188 Å². The van der Waals surface area contributed by atoms with Gasteiger partial charge in [-0.3, -0.25) is 9.78 Å². The summed E-state index contributed by atoms with van der Waals surface area (Å²) in [6.45, 7) is 0.304. The minimum atomic E-state index is -0.404. The number of benzene rings is 2. The van der Waals surface area contributed by atoms with E-state index in [0.717, 1.165) is 37.4 Å². The summed E-state index contributed by atoms with van der Waals surface area (Å²) >= 11 is 0. The second-order valence-electron chi connectivity index (χ2n) is 8.87. The highest BCUT2D eigenvalue weighted by molar-refractivity contribution is 5.94. The zero-order chi connectivity index (χ0) is 22.5. The van der Waals surface area contributed by atoms with Crippen molar-refractivity contribution < 1.29 is 14.3 Å². The predicted molar refractivity (Wildman–Crippen MR) is 122 cm³/mol. The second-order valence-corrected chi connectivity index (χ2v) is 8.87. The molecule has 0 aliphatic heterocycles. The molecule has 4 nitrogen and oxygen atoms in total. The maximum Gasteiger partial charge on any atom is 0.253 e. The van der Waals surface area contributed by atoms with E-state index in [2.05, 4.69) is 4.98 Å². The van der Waals surface area contributed by atoms with E-state index < -0.39 is 11.9 Å². The topological polar surface area (TPSA) is 53.4 Å². The van der Waals surface area contributed by atoms with Gasteiger partial charge >= 0.3 is 0 Å². The molecule has 0 saturated heterocycles. The number of carbonyl (C=O) groups is 1. The third-order valence-corrected chi connectivity index (χ3v) is 6.42. The molecule has 1 aliphatic rings. The van der Waals surface area contributed by atoms with Crippen LogP contribution in [-0.2, 0) is 13.0 Å². The van der Waals surface area contributed by atoms with Gasteiger partial charge in [0.2, 0.25) is 0 Å². The van der Waals surface area contributed by atoms with Crippen LogP contribution < -0.4 is 0 Å². The Hall–Kier alpha value is -3.05. The fourth-order valence-electron chi connectivity index (χ4n) is 4.73. The van der Waals surface area contributed by atoms with Gasteiger partial charge in [0.15, 0.2) is 0 Å². The summed E-state index contributed by atoms with van der Waals surface area (Å²) in [5, 5.41) is 10.7. The summed E-state index contributed by atoms with van der Waals surface area (Å²) in [5.41, 5.74) is 3.48. The molecule has 4 rings (SSSR count). The first-order chi connectivity index (χ1) is 15.5. The Balaban J connectivity index is 1.31. The molecule has 2 aromatic carbocycles. The average molecular weight is 433 g/mol. The van der Waals surface area contributed by atoms with Gasteiger partial charge in [-0.25, -0.2) is 4.39 Å². The average Bonchev–Trinajstić information content (AvgIpc) is 3.27. The van der Waals surface area contributed by atoms with Crippen molar-refractivity contribution in [2.24, 2.45) is 11.8 Å². The number of hydrogen-bond acceptors (Lipinski definition) is 3. The molecule has 1 aliphatic carbocycles. The van der Waals surface area contributed by atoms with E-state index in [4.69, 9.17) is 0 Å². The summed E-state index contributed by atoms with van der Waals surface area (Å²) in [6.07, 6.45) is 6.44. The number of pyridine rings is 1. The standard InChI is InChI=1S/C27H29FN2O2/c1-30(18-21-15-25(28)17-29-16-21)27(32)23-10-7-19(8-11-23)13-20-9-12-24(14-20)26(31)22-5-3-2-4-6-22/h2-8,10-11,15-17,20,24,26,31H,9,12-14,18H2,1H3/t20-,24-,26+/m0/s1. The van der Waals surface area contributed by atoms with Crippen molar-refractivity contribution >= 4 is 5.91 Å². The fraction of sp³-hybridized carbons (Fsp3) is 0.333. The molecular weight excluding hydrogens is 403 g/mol. The summed E-state index contributed by atoms with van der Waals surface area (Å²) < 4.78 is 13.3. The number of aliphatic hydroxyl groups excluding tert-OH is 1. The van der Waals surface area contributed by atoms with Gasteiger partial charge in [-0.2, -0.15) is 0 Å². The summed E-state index contributed by atoms with van der Waals surface area (Å²) in [6, 6.07) is 19.1. The Morgan fingerprint density at radius 3 is 2.56 bits per heavy atom.